The first kappa shape index (κ1) is 15.8. The summed E-state index contributed by atoms with van der Waals surface area (Å²) in [5.41, 5.74) is -0.579. The van der Waals surface area contributed by atoms with Crippen LogP contribution < -0.4 is 10.2 Å². The number of likely N-dealkylation sites (tertiary alicyclic amines) is 1. The fourth-order valence-corrected chi connectivity index (χ4v) is 4.55. The van der Waals surface area contributed by atoms with E-state index in [9.17, 15) is 9.59 Å². The summed E-state index contributed by atoms with van der Waals surface area (Å²) in [5.74, 6) is 0.0485. The van der Waals surface area contributed by atoms with Crippen molar-refractivity contribution in [1.29, 1.82) is 0 Å². The standard InChI is InChI=1S/C17H29N3O2/c1-2-14-9-5-8-12-19(14)13-20-15(21)17(18-16(20)22)10-6-3-4-7-11-17/h14H,2-13H2,1H3,(H,18,22)/p+1/t14-/m1/s1. The highest BCUT2D eigenvalue weighted by Gasteiger charge is 2.52. The third-order valence-electron chi connectivity index (χ3n) is 5.93. The molecule has 3 amide bonds. The first-order valence-electron chi connectivity index (χ1n) is 9.15. The maximum Gasteiger partial charge on any atom is 0.329 e. The van der Waals surface area contributed by atoms with E-state index in [2.05, 4.69) is 12.2 Å². The number of imide groups is 1. The Balaban J connectivity index is 1.71. The normalized spacial score (nSPS) is 32.1. The van der Waals surface area contributed by atoms with Crippen LogP contribution in [0.4, 0.5) is 4.79 Å². The average molecular weight is 308 g/mol. The van der Waals surface area contributed by atoms with Gasteiger partial charge in [-0.1, -0.05) is 32.6 Å². The summed E-state index contributed by atoms with van der Waals surface area (Å²) in [6.45, 7) is 3.86. The van der Waals surface area contributed by atoms with E-state index < -0.39 is 5.54 Å². The number of carbonyl (C=O) groups is 2. The van der Waals surface area contributed by atoms with E-state index in [1.807, 2.05) is 0 Å². The molecule has 0 aromatic rings. The van der Waals surface area contributed by atoms with Crippen molar-refractivity contribution < 1.29 is 14.5 Å². The van der Waals surface area contributed by atoms with Crippen LogP contribution in [0.1, 0.15) is 71.1 Å². The summed E-state index contributed by atoms with van der Waals surface area (Å²) < 4.78 is 0. The summed E-state index contributed by atoms with van der Waals surface area (Å²) >= 11 is 0. The minimum absolute atomic E-state index is 0.0485. The Bertz CT molecular complexity index is 430. The van der Waals surface area contributed by atoms with Gasteiger partial charge in [-0.05, 0) is 38.5 Å². The molecule has 2 atom stereocenters. The number of piperidine rings is 1. The van der Waals surface area contributed by atoms with Crippen LogP contribution in [0.15, 0.2) is 0 Å². The largest absolute Gasteiger partial charge is 0.329 e. The second kappa shape index (κ2) is 6.57. The van der Waals surface area contributed by atoms with E-state index in [1.165, 1.54) is 41.9 Å². The number of rotatable bonds is 3. The van der Waals surface area contributed by atoms with Crippen LogP contribution in [0.25, 0.3) is 0 Å². The van der Waals surface area contributed by atoms with Crippen molar-refractivity contribution in [3.05, 3.63) is 0 Å². The molecular formula is C17H30N3O2+. The van der Waals surface area contributed by atoms with Gasteiger partial charge in [-0.2, -0.15) is 0 Å². The van der Waals surface area contributed by atoms with E-state index in [1.54, 1.807) is 0 Å². The zero-order chi connectivity index (χ0) is 15.6. The Morgan fingerprint density at radius 3 is 2.55 bits per heavy atom. The van der Waals surface area contributed by atoms with Gasteiger partial charge in [0.2, 0.25) is 0 Å². The number of quaternary nitrogens is 1. The third-order valence-corrected chi connectivity index (χ3v) is 5.93. The molecule has 0 aromatic carbocycles. The molecule has 22 heavy (non-hydrogen) atoms. The Hall–Kier alpha value is -1.10. The number of nitrogens with one attached hydrogen (secondary N) is 2. The fraction of sp³-hybridized carbons (Fsp3) is 0.882. The molecule has 3 fully saturated rings. The van der Waals surface area contributed by atoms with Gasteiger partial charge in [-0.15, -0.1) is 0 Å². The van der Waals surface area contributed by atoms with E-state index in [4.69, 9.17) is 0 Å². The first-order chi connectivity index (χ1) is 10.7. The van der Waals surface area contributed by atoms with E-state index >= 15 is 0 Å². The lowest BCUT2D eigenvalue weighted by molar-refractivity contribution is -0.937. The van der Waals surface area contributed by atoms with Crippen LogP contribution >= 0.6 is 0 Å². The topological polar surface area (TPSA) is 53.9 Å². The lowest BCUT2D eigenvalue weighted by Gasteiger charge is -2.34. The van der Waals surface area contributed by atoms with Crippen molar-refractivity contribution in [2.75, 3.05) is 13.2 Å². The van der Waals surface area contributed by atoms with Crippen molar-refractivity contribution in [2.24, 2.45) is 0 Å². The van der Waals surface area contributed by atoms with Gasteiger partial charge in [0.1, 0.15) is 5.54 Å². The van der Waals surface area contributed by atoms with Crippen LogP contribution in [0.2, 0.25) is 0 Å². The first-order valence-corrected chi connectivity index (χ1v) is 9.15. The zero-order valence-corrected chi connectivity index (χ0v) is 13.8. The molecule has 0 bridgehead atoms. The molecule has 0 aromatic heterocycles. The van der Waals surface area contributed by atoms with Crippen LogP contribution in [0, 0.1) is 0 Å². The molecule has 1 aliphatic carbocycles. The number of amides is 3. The van der Waals surface area contributed by atoms with Gasteiger partial charge >= 0.3 is 6.03 Å². The molecule has 3 rings (SSSR count). The molecule has 1 spiro atoms. The highest BCUT2D eigenvalue weighted by atomic mass is 16.2. The molecule has 3 aliphatic rings. The lowest BCUT2D eigenvalue weighted by atomic mass is 9.90. The Morgan fingerprint density at radius 1 is 1.14 bits per heavy atom. The highest BCUT2D eigenvalue weighted by molar-refractivity contribution is 6.06. The molecule has 1 unspecified atom stereocenters. The second-order valence-corrected chi connectivity index (χ2v) is 7.33. The van der Waals surface area contributed by atoms with Gasteiger partial charge in [-0.3, -0.25) is 4.79 Å². The second-order valence-electron chi connectivity index (χ2n) is 7.33. The molecule has 5 heteroatoms. The van der Waals surface area contributed by atoms with Crippen molar-refractivity contribution in [1.82, 2.24) is 10.2 Å². The summed E-state index contributed by atoms with van der Waals surface area (Å²) in [7, 11) is 0. The molecule has 2 heterocycles. The van der Waals surface area contributed by atoms with Crippen LogP contribution in [-0.4, -0.2) is 41.6 Å². The smallest absolute Gasteiger partial charge is 0.323 e. The molecule has 1 saturated carbocycles. The Kier molecular flexibility index (Phi) is 4.71. The molecular weight excluding hydrogens is 278 g/mol. The number of hydrogen-bond acceptors (Lipinski definition) is 2. The van der Waals surface area contributed by atoms with Crippen LogP contribution in [-0.2, 0) is 4.79 Å². The SMILES string of the molecule is CC[C@@H]1CCCC[NH+]1CN1C(=O)NC2(CCCCCC2)C1=O. The van der Waals surface area contributed by atoms with Gasteiger partial charge in [0.15, 0.2) is 6.67 Å². The van der Waals surface area contributed by atoms with Gasteiger partial charge in [0.05, 0.1) is 12.6 Å². The monoisotopic (exact) mass is 308 g/mol. The van der Waals surface area contributed by atoms with Gasteiger partial charge < -0.3 is 10.2 Å². The lowest BCUT2D eigenvalue weighted by Crippen LogP contribution is -3.18. The fourth-order valence-electron chi connectivity index (χ4n) is 4.55. The number of carbonyl (C=O) groups excluding carboxylic acids is 2. The van der Waals surface area contributed by atoms with E-state index in [-0.39, 0.29) is 11.9 Å². The van der Waals surface area contributed by atoms with Crippen molar-refractivity contribution >= 4 is 11.9 Å². The van der Waals surface area contributed by atoms with Gasteiger partial charge in [0.25, 0.3) is 5.91 Å². The minimum atomic E-state index is -0.579. The molecule has 2 aliphatic heterocycles. The highest BCUT2D eigenvalue weighted by Crippen LogP contribution is 2.32. The minimum Gasteiger partial charge on any atom is -0.323 e. The molecule has 2 saturated heterocycles. The maximum atomic E-state index is 12.9. The van der Waals surface area contributed by atoms with E-state index in [0.717, 1.165) is 38.6 Å². The van der Waals surface area contributed by atoms with Crippen molar-refractivity contribution in [3.63, 3.8) is 0 Å². The predicted octanol–water partition coefficient (Wildman–Crippen LogP) is 1.44. The summed E-state index contributed by atoms with van der Waals surface area (Å²) in [6.07, 6.45) is 10.9. The summed E-state index contributed by atoms with van der Waals surface area (Å²) in [5, 5.41) is 3.06. The Morgan fingerprint density at radius 2 is 1.86 bits per heavy atom. The van der Waals surface area contributed by atoms with Gasteiger partial charge in [-0.25, -0.2) is 9.69 Å². The van der Waals surface area contributed by atoms with Crippen molar-refractivity contribution in [2.45, 2.75) is 82.7 Å². The quantitative estimate of drug-likeness (QED) is 0.775. The molecule has 5 nitrogen and oxygen atoms in total. The van der Waals surface area contributed by atoms with Crippen molar-refractivity contribution in [3.8, 4) is 0 Å². The number of urea groups is 1. The Labute approximate surface area is 133 Å². The number of nitrogens with zero attached hydrogens (tertiary/aromatic N) is 1. The van der Waals surface area contributed by atoms with Crippen LogP contribution in [0.3, 0.4) is 0 Å². The maximum absolute atomic E-state index is 12.9. The molecule has 2 N–H and O–H groups in total. The molecule has 124 valence electrons. The van der Waals surface area contributed by atoms with Crippen LogP contribution in [0.5, 0.6) is 0 Å². The number of hydrogen-bond donors (Lipinski definition) is 2. The van der Waals surface area contributed by atoms with Gasteiger partial charge in [0, 0.05) is 0 Å². The predicted molar refractivity (Wildman–Crippen MR) is 84.4 cm³/mol. The van der Waals surface area contributed by atoms with E-state index in [0.29, 0.717) is 12.7 Å². The average Bonchev–Trinajstić information content (AvgIpc) is 2.71. The molecule has 0 radical (unpaired) electrons. The zero-order valence-electron chi connectivity index (χ0n) is 13.8. The summed E-state index contributed by atoms with van der Waals surface area (Å²) in [6, 6.07) is 0.444. The third kappa shape index (κ3) is 2.87. The summed E-state index contributed by atoms with van der Waals surface area (Å²) in [4.78, 5) is 28.3.